The topological polar surface area (TPSA) is 0 Å². The van der Waals surface area contributed by atoms with Crippen molar-refractivity contribution in [1.82, 2.24) is 0 Å². The smallest absolute Gasteiger partial charge is 0.0269 e. The van der Waals surface area contributed by atoms with Gasteiger partial charge in [0.15, 0.2) is 0 Å². The zero-order valence-corrected chi connectivity index (χ0v) is 18.2. The van der Waals surface area contributed by atoms with Gasteiger partial charge in [-0.05, 0) is 86.9 Å². The van der Waals surface area contributed by atoms with Crippen LogP contribution in [-0.4, -0.2) is 0 Å². The predicted molar refractivity (Wildman–Crippen MR) is 115 cm³/mol. The molecule has 152 valence electrons. The molecule has 3 saturated carbocycles. The van der Waals surface area contributed by atoms with Gasteiger partial charge in [0.1, 0.15) is 0 Å². The Kier molecular flexibility index (Phi) is 8.39. The minimum atomic E-state index is 0.769. The maximum absolute atomic E-state index is 2.40. The van der Waals surface area contributed by atoms with Gasteiger partial charge in [0, 0.05) is 0 Å². The third-order valence-corrected chi connectivity index (χ3v) is 9.05. The van der Waals surface area contributed by atoms with Gasteiger partial charge in [-0.15, -0.1) is 0 Å². The summed E-state index contributed by atoms with van der Waals surface area (Å²) in [7, 11) is 0. The fraction of sp³-hybridized carbons (Fsp3) is 1.00. The van der Waals surface area contributed by atoms with E-state index in [0.29, 0.717) is 0 Å². The SMILES string of the molecule is CCCCC1CCC(C2CCC(CCCC)(C3CCCCC3)CC2)CC1. The maximum atomic E-state index is 2.40. The number of hydrogen-bond donors (Lipinski definition) is 0. The number of rotatable bonds is 8. The van der Waals surface area contributed by atoms with Crippen LogP contribution in [0.15, 0.2) is 0 Å². The molecule has 0 aromatic rings. The van der Waals surface area contributed by atoms with Crippen molar-refractivity contribution in [3.05, 3.63) is 0 Å². The van der Waals surface area contributed by atoms with Gasteiger partial charge >= 0.3 is 0 Å². The van der Waals surface area contributed by atoms with Crippen LogP contribution in [0.2, 0.25) is 0 Å². The van der Waals surface area contributed by atoms with Gasteiger partial charge in [-0.3, -0.25) is 0 Å². The molecule has 3 aliphatic rings. The van der Waals surface area contributed by atoms with E-state index in [2.05, 4.69) is 13.8 Å². The molecule has 0 aliphatic heterocycles. The molecule has 3 aliphatic carbocycles. The molecule has 0 heteroatoms. The fourth-order valence-electron chi connectivity index (χ4n) is 7.23. The molecule has 0 bridgehead atoms. The van der Waals surface area contributed by atoms with Gasteiger partial charge in [0.25, 0.3) is 0 Å². The Bertz CT molecular complexity index is 361. The van der Waals surface area contributed by atoms with Crippen molar-refractivity contribution in [3.8, 4) is 0 Å². The molecular formula is C26H48. The summed E-state index contributed by atoms with van der Waals surface area (Å²) in [5.41, 5.74) is 0.769. The molecule has 0 heterocycles. The Morgan fingerprint density at radius 3 is 1.88 bits per heavy atom. The maximum Gasteiger partial charge on any atom is -0.0269 e. The van der Waals surface area contributed by atoms with Crippen molar-refractivity contribution in [2.45, 2.75) is 136 Å². The van der Waals surface area contributed by atoms with Crippen LogP contribution in [0.5, 0.6) is 0 Å². The average molecular weight is 361 g/mol. The van der Waals surface area contributed by atoms with Crippen molar-refractivity contribution in [3.63, 3.8) is 0 Å². The largest absolute Gasteiger partial charge is 0.0654 e. The zero-order chi connectivity index (χ0) is 18.2. The van der Waals surface area contributed by atoms with Crippen molar-refractivity contribution in [1.29, 1.82) is 0 Å². The van der Waals surface area contributed by atoms with Crippen LogP contribution in [0.3, 0.4) is 0 Å². The molecule has 0 unspecified atom stereocenters. The molecule has 26 heavy (non-hydrogen) atoms. The minimum absolute atomic E-state index is 0.769. The van der Waals surface area contributed by atoms with Crippen LogP contribution in [0.4, 0.5) is 0 Å². The van der Waals surface area contributed by atoms with Crippen LogP contribution < -0.4 is 0 Å². The van der Waals surface area contributed by atoms with E-state index in [9.17, 15) is 0 Å². The highest BCUT2D eigenvalue weighted by molar-refractivity contribution is 4.94. The Morgan fingerprint density at radius 1 is 0.654 bits per heavy atom. The van der Waals surface area contributed by atoms with E-state index < -0.39 is 0 Å². The molecule has 0 aromatic carbocycles. The van der Waals surface area contributed by atoms with E-state index in [-0.39, 0.29) is 0 Å². The molecule has 0 radical (unpaired) electrons. The highest BCUT2D eigenvalue weighted by atomic mass is 14.5. The molecule has 3 fully saturated rings. The van der Waals surface area contributed by atoms with Gasteiger partial charge in [-0.25, -0.2) is 0 Å². The molecule has 0 nitrogen and oxygen atoms in total. The number of hydrogen-bond acceptors (Lipinski definition) is 0. The lowest BCUT2D eigenvalue weighted by molar-refractivity contribution is 0.0184. The van der Waals surface area contributed by atoms with Crippen molar-refractivity contribution in [2.75, 3.05) is 0 Å². The highest BCUT2D eigenvalue weighted by Gasteiger charge is 2.42. The van der Waals surface area contributed by atoms with Gasteiger partial charge in [0.2, 0.25) is 0 Å². The van der Waals surface area contributed by atoms with E-state index in [0.717, 1.165) is 29.1 Å². The Hall–Kier alpha value is 0. The lowest BCUT2D eigenvalue weighted by atomic mass is 9.56. The first-order chi connectivity index (χ1) is 12.8. The minimum Gasteiger partial charge on any atom is -0.0654 e. The lowest BCUT2D eigenvalue weighted by Gasteiger charge is -2.49. The molecule has 0 atom stereocenters. The summed E-state index contributed by atoms with van der Waals surface area (Å²) in [6, 6.07) is 0. The molecule has 0 amide bonds. The molecule has 0 spiro atoms. The second kappa shape index (κ2) is 10.5. The molecular weight excluding hydrogens is 312 g/mol. The normalized spacial score (nSPS) is 36.9. The van der Waals surface area contributed by atoms with E-state index in [1.165, 1.54) is 51.4 Å². The van der Waals surface area contributed by atoms with Crippen LogP contribution in [0, 0.1) is 29.1 Å². The highest BCUT2D eigenvalue weighted by Crippen LogP contribution is 2.54. The van der Waals surface area contributed by atoms with E-state index in [4.69, 9.17) is 0 Å². The first-order valence-electron chi connectivity index (χ1n) is 12.8. The molecule has 0 saturated heterocycles. The molecule has 0 N–H and O–H groups in total. The summed E-state index contributed by atoms with van der Waals surface area (Å²) in [6.45, 7) is 4.75. The predicted octanol–water partition coefficient (Wildman–Crippen LogP) is 8.93. The van der Waals surface area contributed by atoms with E-state index >= 15 is 0 Å². The number of unbranched alkanes of at least 4 members (excludes halogenated alkanes) is 2. The molecule has 0 aromatic heterocycles. The van der Waals surface area contributed by atoms with Crippen molar-refractivity contribution >= 4 is 0 Å². The van der Waals surface area contributed by atoms with Crippen LogP contribution in [-0.2, 0) is 0 Å². The Labute approximate surface area is 165 Å². The van der Waals surface area contributed by atoms with Gasteiger partial charge in [-0.1, -0.05) is 78.1 Å². The van der Waals surface area contributed by atoms with Crippen LogP contribution in [0.1, 0.15) is 136 Å². The van der Waals surface area contributed by atoms with Gasteiger partial charge < -0.3 is 0 Å². The average Bonchev–Trinajstić information content (AvgIpc) is 2.72. The summed E-state index contributed by atoms with van der Waals surface area (Å²) >= 11 is 0. The summed E-state index contributed by atoms with van der Waals surface area (Å²) in [5, 5.41) is 0. The van der Waals surface area contributed by atoms with Crippen LogP contribution >= 0.6 is 0 Å². The molecule has 3 rings (SSSR count). The van der Waals surface area contributed by atoms with Gasteiger partial charge in [-0.2, -0.15) is 0 Å². The van der Waals surface area contributed by atoms with Crippen LogP contribution in [0.25, 0.3) is 0 Å². The quantitative estimate of drug-likeness (QED) is 0.405. The van der Waals surface area contributed by atoms with Crippen molar-refractivity contribution < 1.29 is 0 Å². The van der Waals surface area contributed by atoms with E-state index in [1.807, 2.05) is 0 Å². The third kappa shape index (κ3) is 5.29. The second-order valence-electron chi connectivity index (χ2n) is 10.6. The van der Waals surface area contributed by atoms with Gasteiger partial charge in [0.05, 0.1) is 0 Å². The monoisotopic (exact) mass is 360 g/mol. The van der Waals surface area contributed by atoms with Crippen molar-refractivity contribution in [2.24, 2.45) is 29.1 Å². The second-order valence-corrected chi connectivity index (χ2v) is 10.6. The zero-order valence-electron chi connectivity index (χ0n) is 18.2. The summed E-state index contributed by atoms with van der Waals surface area (Å²) < 4.78 is 0. The Morgan fingerprint density at radius 2 is 1.27 bits per heavy atom. The summed E-state index contributed by atoms with van der Waals surface area (Å²) in [4.78, 5) is 0. The first kappa shape index (κ1) is 20.7. The Balaban J connectivity index is 1.49. The summed E-state index contributed by atoms with van der Waals surface area (Å²) in [6.07, 6.45) is 29.2. The lowest BCUT2D eigenvalue weighted by Crippen LogP contribution is -2.38. The summed E-state index contributed by atoms with van der Waals surface area (Å²) in [5.74, 6) is 4.37. The van der Waals surface area contributed by atoms with E-state index in [1.54, 1.807) is 70.6 Å². The standard InChI is InChI=1S/C26H48/c1-3-5-10-22-13-15-23(16-14-22)24-17-20-26(21-18-24,19-6-4-2)25-11-8-7-9-12-25/h22-25H,3-21H2,1-2H3. The third-order valence-electron chi connectivity index (χ3n) is 9.05. The first-order valence-corrected chi connectivity index (χ1v) is 12.8. The fourth-order valence-corrected chi connectivity index (χ4v) is 7.23.